The standard InChI is InChI=1S/C20H24N2O2/c1-15-9-11-17(12-10-15)20(23)22-19-18(8-5-13-21-19)24-14-16-6-3-2-4-7-16/h5,8-13,16H,2-4,6-7,14H2,1H3,(H,21,22,23). The van der Waals surface area contributed by atoms with Crippen LogP contribution in [-0.2, 0) is 0 Å². The SMILES string of the molecule is Cc1ccc(C(=O)Nc2ncccc2OCC2CCCCC2)cc1. The molecule has 1 aliphatic rings. The molecular formula is C20H24N2O2. The molecule has 4 nitrogen and oxygen atoms in total. The smallest absolute Gasteiger partial charge is 0.256 e. The number of carbonyl (C=O) groups is 1. The van der Waals surface area contributed by atoms with Crippen LogP contribution in [0.5, 0.6) is 5.75 Å². The fourth-order valence-electron chi connectivity index (χ4n) is 3.05. The molecule has 4 heteroatoms. The zero-order valence-corrected chi connectivity index (χ0v) is 14.1. The summed E-state index contributed by atoms with van der Waals surface area (Å²) in [7, 11) is 0. The number of benzene rings is 1. The summed E-state index contributed by atoms with van der Waals surface area (Å²) in [6.45, 7) is 2.69. The van der Waals surface area contributed by atoms with Crippen molar-refractivity contribution >= 4 is 11.7 Å². The highest BCUT2D eigenvalue weighted by Crippen LogP contribution is 2.27. The van der Waals surface area contributed by atoms with E-state index in [1.54, 1.807) is 6.20 Å². The topological polar surface area (TPSA) is 51.2 Å². The normalized spacial score (nSPS) is 15.0. The highest BCUT2D eigenvalue weighted by molar-refractivity contribution is 6.04. The van der Waals surface area contributed by atoms with Gasteiger partial charge in [0.05, 0.1) is 6.61 Å². The number of hydrogen-bond donors (Lipinski definition) is 1. The summed E-state index contributed by atoms with van der Waals surface area (Å²) in [5.41, 5.74) is 1.74. The van der Waals surface area contributed by atoms with Gasteiger partial charge >= 0.3 is 0 Å². The molecule has 0 aliphatic heterocycles. The molecule has 1 heterocycles. The average molecular weight is 324 g/mol. The van der Waals surface area contributed by atoms with Gasteiger partial charge in [0.25, 0.3) is 5.91 Å². The van der Waals surface area contributed by atoms with Crippen molar-refractivity contribution in [2.45, 2.75) is 39.0 Å². The zero-order chi connectivity index (χ0) is 16.8. The molecule has 1 amide bonds. The summed E-state index contributed by atoms with van der Waals surface area (Å²) in [6, 6.07) is 11.2. The third kappa shape index (κ3) is 4.34. The van der Waals surface area contributed by atoms with E-state index >= 15 is 0 Å². The predicted molar refractivity (Wildman–Crippen MR) is 95.4 cm³/mol. The Balaban J connectivity index is 1.64. The molecule has 0 bridgehead atoms. The van der Waals surface area contributed by atoms with Crippen LogP contribution in [0.4, 0.5) is 5.82 Å². The van der Waals surface area contributed by atoms with Crippen LogP contribution in [0.1, 0.15) is 48.0 Å². The van der Waals surface area contributed by atoms with Gasteiger partial charge in [-0.25, -0.2) is 4.98 Å². The number of rotatable bonds is 5. The van der Waals surface area contributed by atoms with E-state index in [0.29, 0.717) is 29.7 Å². The monoisotopic (exact) mass is 324 g/mol. The molecule has 24 heavy (non-hydrogen) atoms. The van der Waals surface area contributed by atoms with E-state index in [4.69, 9.17) is 4.74 Å². The Morgan fingerprint density at radius 3 is 2.67 bits per heavy atom. The number of aryl methyl sites for hydroxylation is 1. The number of ether oxygens (including phenoxy) is 1. The number of nitrogens with zero attached hydrogens (tertiary/aromatic N) is 1. The maximum Gasteiger partial charge on any atom is 0.256 e. The van der Waals surface area contributed by atoms with Crippen molar-refractivity contribution in [2.24, 2.45) is 5.92 Å². The lowest BCUT2D eigenvalue weighted by atomic mass is 9.90. The van der Waals surface area contributed by atoms with E-state index in [2.05, 4.69) is 10.3 Å². The van der Waals surface area contributed by atoms with E-state index in [0.717, 1.165) is 5.56 Å². The molecule has 1 N–H and O–H groups in total. The van der Waals surface area contributed by atoms with Crippen molar-refractivity contribution in [3.63, 3.8) is 0 Å². The number of carbonyl (C=O) groups excluding carboxylic acids is 1. The van der Waals surface area contributed by atoms with Crippen LogP contribution >= 0.6 is 0 Å². The Morgan fingerprint density at radius 1 is 1.17 bits per heavy atom. The van der Waals surface area contributed by atoms with Gasteiger partial charge in [0.15, 0.2) is 11.6 Å². The number of amides is 1. The lowest BCUT2D eigenvalue weighted by molar-refractivity contribution is 0.102. The minimum Gasteiger partial charge on any atom is -0.489 e. The maximum atomic E-state index is 12.4. The summed E-state index contributed by atoms with van der Waals surface area (Å²) in [5, 5.41) is 2.86. The molecule has 1 fully saturated rings. The lowest BCUT2D eigenvalue weighted by Gasteiger charge is -2.22. The van der Waals surface area contributed by atoms with E-state index in [1.807, 2.05) is 43.3 Å². The van der Waals surface area contributed by atoms with E-state index < -0.39 is 0 Å². The van der Waals surface area contributed by atoms with Crippen LogP contribution in [0, 0.1) is 12.8 Å². The first-order valence-electron chi connectivity index (χ1n) is 8.68. The largest absolute Gasteiger partial charge is 0.489 e. The molecule has 1 aromatic heterocycles. The van der Waals surface area contributed by atoms with Crippen molar-refractivity contribution in [3.05, 3.63) is 53.7 Å². The van der Waals surface area contributed by atoms with Crippen LogP contribution in [-0.4, -0.2) is 17.5 Å². The number of aromatic nitrogens is 1. The molecule has 0 saturated heterocycles. The Hall–Kier alpha value is -2.36. The Bertz CT molecular complexity index is 676. The predicted octanol–water partition coefficient (Wildman–Crippen LogP) is 4.60. The van der Waals surface area contributed by atoms with Gasteiger partial charge in [-0.3, -0.25) is 4.79 Å². The van der Waals surface area contributed by atoms with Gasteiger partial charge in [-0.1, -0.05) is 37.0 Å². The molecule has 0 atom stereocenters. The van der Waals surface area contributed by atoms with Gasteiger partial charge in [-0.2, -0.15) is 0 Å². The third-order valence-corrected chi connectivity index (χ3v) is 4.52. The second-order valence-corrected chi connectivity index (χ2v) is 6.49. The molecule has 0 unspecified atom stereocenters. The van der Waals surface area contributed by atoms with Crippen LogP contribution in [0.2, 0.25) is 0 Å². The van der Waals surface area contributed by atoms with Gasteiger partial charge in [-0.15, -0.1) is 0 Å². The number of hydrogen-bond acceptors (Lipinski definition) is 3. The van der Waals surface area contributed by atoms with Gasteiger partial charge < -0.3 is 10.1 Å². The van der Waals surface area contributed by atoms with Crippen LogP contribution < -0.4 is 10.1 Å². The van der Waals surface area contributed by atoms with Gasteiger partial charge in [0, 0.05) is 11.8 Å². The van der Waals surface area contributed by atoms with E-state index in [1.165, 1.54) is 32.1 Å². The summed E-state index contributed by atoms with van der Waals surface area (Å²) in [6.07, 6.45) is 8.03. The molecule has 1 aliphatic carbocycles. The second kappa shape index (κ2) is 7.95. The molecule has 2 aromatic rings. The third-order valence-electron chi connectivity index (χ3n) is 4.52. The molecule has 0 spiro atoms. The quantitative estimate of drug-likeness (QED) is 0.874. The average Bonchev–Trinajstić information content (AvgIpc) is 2.62. The molecule has 0 radical (unpaired) electrons. The van der Waals surface area contributed by atoms with Gasteiger partial charge in [-0.05, 0) is 49.9 Å². The number of pyridine rings is 1. The van der Waals surface area contributed by atoms with Gasteiger partial charge in [0.2, 0.25) is 0 Å². The molecule has 126 valence electrons. The molecule has 3 rings (SSSR count). The van der Waals surface area contributed by atoms with Crippen LogP contribution in [0.3, 0.4) is 0 Å². The minimum absolute atomic E-state index is 0.170. The molecule has 1 saturated carbocycles. The van der Waals surface area contributed by atoms with Crippen molar-refractivity contribution in [1.82, 2.24) is 4.98 Å². The first-order valence-corrected chi connectivity index (χ1v) is 8.68. The second-order valence-electron chi connectivity index (χ2n) is 6.49. The van der Waals surface area contributed by atoms with E-state index in [-0.39, 0.29) is 5.91 Å². The van der Waals surface area contributed by atoms with Crippen molar-refractivity contribution < 1.29 is 9.53 Å². The fraction of sp³-hybridized carbons (Fsp3) is 0.400. The number of nitrogens with one attached hydrogen (secondary N) is 1. The van der Waals surface area contributed by atoms with Crippen molar-refractivity contribution in [3.8, 4) is 5.75 Å². The maximum absolute atomic E-state index is 12.4. The summed E-state index contributed by atoms with van der Waals surface area (Å²) in [4.78, 5) is 16.6. The van der Waals surface area contributed by atoms with Crippen molar-refractivity contribution in [1.29, 1.82) is 0 Å². The van der Waals surface area contributed by atoms with Crippen LogP contribution in [0.25, 0.3) is 0 Å². The zero-order valence-electron chi connectivity index (χ0n) is 14.1. The highest BCUT2D eigenvalue weighted by Gasteiger charge is 2.16. The molecular weight excluding hydrogens is 300 g/mol. The molecule has 1 aromatic carbocycles. The highest BCUT2D eigenvalue weighted by atomic mass is 16.5. The van der Waals surface area contributed by atoms with E-state index in [9.17, 15) is 4.79 Å². The Labute approximate surface area is 143 Å². The fourth-order valence-corrected chi connectivity index (χ4v) is 3.05. The summed E-state index contributed by atoms with van der Waals surface area (Å²) >= 11 is 0. The Morgan fingerprint density at radius 2 is 1.92 bits per heavy atom. The lowest BCUT2D eigenvalue weighted by Crippen LogP contribution is -2.17. The number of anilines is 1. The van der Waals surface area contributed by atoms with Crippen LogP contribution in [0.15, 0.2) is 42.6 Å². The first kappa shape index (κ1) is 16.5. The van der Waals surface area contributed by atoms with Gasteiger partial charge in [0.1, 0.15) is 0 Å². The summed E-state index contributed by atoms with van der Waals surface area (Å²) < 4.78 is 5.96. The van der Waals surface area contributed by atoms with Crippen molar-refractivity contribution in [2.75, 3.05) is 11.9 Å². The minimum atomic E-state index is -0.170. The first-order chi connectivity index (χ1) is 11.7. The Kier molecular flexibility index (Phi) is 5.47. The summed E-state index contributed by atoms with van der Waals surface area (Å²) in [5.74, 6) is 1.57.